The summed E-state index contributed by atoms with van der Waals surface area (Å²) in [4.78, 5) is 22.7. The van der Waals surface area contributed by atoms with Gasteiger partial charge in [0, 0.05) is 12.3 Å². The molecule has 2 rings (SSSR count). The van der Waals surface area contributed by atoms with Crippen LogP contribution in [-0.2, 0) is 11.2 Å². The van der Waals surface area contributed by atoms with Gasteiger partial charge in [0.15, 0.2) is 0 Å². The SMILES string of the molecule is CC(=O)C(CC#CC1(O)CCCCC1)CCCc1ccc(C(=O)O)cc1. The Bertz CT molecular complexity index is 672. The smallest absolute Gasteiger partial charge is 0.335 e. The first kappa shape index (κ1) is 20.2. The fourth-order valence-electron chi connectivity index (χ4n) is 3.42. The van der Waals surface area contributed by atoms with Crippen molar-refractivity contribution in [2.45, 2.75) is 70.3 Å². The molecule has 140 valence electrons. The average molecular weight is 356 g/mol. The molecule has 0 bridgehead atoms. The van der Waals surface area contributed by atoms with Crippen molar-refractivity contribution in [2.75, 3.05) is 0 Å². The minimum absolute atomic E-state index is 0.104. The van der Waals surface area contributed by atoms with E-state index in [0.717, 1.165) is 56.9 Å². The Kier molecular flexibility index (Phi) is 7.41. The van der Waals surface area contributed by atoms with Crippen molar-refractivity contribution in [3.8, 4) is 11.8 Å². The maximum atomic E-state index is 11.9. The minimum Gasteiger partial charge on any atom is -0.478 e. The molecule has 1 aliphatic rings. The van der Waals surface area contributed by atoms with Crippen LogP contribution in [0.3, 0.4) is 0 Å². The van der Waals surface area contributed by atoms with Crippen molar-refractivity contribution in [1.82, 2.24) is 0 Å². The molecule has 0 heterocycles. The first-order valence-electron chi connectivity index (χ1n) is 9.45. The zero-order valence-corrected chi connectivity index (χ0v) is 15.5. The zero-order chi connectivity index (χ0) is 19.0. The van der Waals surface area contributed by atoms with Gasteiger partial charge in [-0.15, -0.1) is 0 Å². The van der Waals surface area contributed by atoms with Crippen LogP contribution in [0.25, 0.3) is 0 Å². The minimum atomic E-state index is -0.925. The van der Waals surface area contributed by atoms with Crippen LogP contribution in [0, 0.1) is 17.8 Å². The van der Waals surface area contributed by atoms with E-state index in [4.69, 9.17) is 5.11 Å². The lowest BCUT2D eigenvalue weighted by Crippen LogP contribution is -2.29. The van der Waals surface area contributed by atoms with E-state index >= 15 is 0 Å². The molecule has 0 radical (unpaired) electrons. The van der Waals surface area contributed by atoms with Gasteiger partial charge >= 0.3 is 5.97 Å². The molecule has 4 heteroatoms. The van der Waals surface area contributed by atoms with E-state index in [-0.39, 0.29) is 17.3 Å². The number of aromatic carboxylic acids is 1. The summed E-state index contributed by atoms with van der Waals surface area (Å²) in [6.45, 7) is 1.60. The van der Waals surface area contributed by atoms with Crippen LogP contribution in [0.5, 0.6) is 0 Å². The molecule has 1 aliphatic carbocycles. The molecule has 1 aromatic carbocycles. The molecule has 0 amide bonds. The number of carboxylic acids is 1. The number of carboxylic acid groups (broad SMARTS) is 1. The summed E-state index contributed by atoms with van der Waals surface area (Å²) in [5.41, 5.74) is 0.497. The lowest BCUT2D eigenvalue weighted by Gasteiger charge is -2.26. The van der Waals surface area contributed by atoms with E-state index < -0.39 is 11.6 Å². The standard InChI is InChI=1S/C22H28O4/c1-17(23)19(9-6-16-22(26)14-3-2-4-15-22)8-5-7-18-10-12-20(13-11-18)21(24)25/h10-13,19,26H,2-5,7-9,14-15H2,1H3,(H,24,25). The maximum absolute atomic E-state index is 11.9. The fourth-order valence-corrected chi connectivity index (χ4v) is 3.42. The number of benzene rings is 1. The molecule has 1 unspecified atom stereocenters. The number of aliphatic hydroxyl groups is 1. The Balaban J connectivity index is 1.82. The van der Waals surface area contributed by atoms with Gasteiger partial charge in [-0.05, 0) is 69.6 Å². The number of carbonyl (C=O) groups excluding carboxylic acids is 1. The van der Waals surface area contributed by atoms with Crippen molar-refractivity contribution < 1.29 is 19.8 Å². The van der Waals surface area contributed by atoms with Crippen LogP contribution in [0.2, 0.25) is 0 Å². The third-order valence-electron chi connectivity index (χ3n) is 5.14. The highest BCUT2D eigenvalue weighted by Crippen LogP contribution is 2.27. The van der Waals surface area contributed by atoms with E-state index in [9.17, 15) is 14.7 Å². The maximum Gasteiger partial charge on any atom is 0.335 e. The Labute approximate surface area is 155 Å². The number of ketones is 1. The van der Waals surface area contributed by atoms with E-state index in [1.54, 1.807) is 19.1 Å². The molecule has 1 fully saturated rings. The van der Waals surface area contributed by atoms with Gasteiger partial charge in [0.2, 0.25) is 0 Å². The normalized spacial score (nSPS) is 17.0. The van der Waals surface area contributed by atoms with Crippen LogP contribution < -0.4 is 0 Å². The summed E-state index contributed by atoms with van der Waals surface area (Å²) in [5.74, 6) is 5.17. The summed E-state index contributed by atoms with van der Waals surface area (Å²) < 4.78 is 0. The van der Waals surface area contributed by atoms with Crippen molar-refractivity contribution in [3.05, 3.63) is 35.4 Å². The highest BCUT2D eigenvalue weighted by molar-refractivity contribution is 5.87. The van der Waals surface area contributed by atoms with E-state index in [1.165, 1.54) is 0 Å². The Morgan fingerprint density at radius 2 is 1.81 bits per heavy atom. The third kappa shape index (κ3) is 6.31. The largest absolute Gasteiger partial charge is 0.478 e. The molecule has 1 atom stereocenters. The van der Waals surface area contributed by atoms with Crippen molar-refractivity contribution >= 4 is 11.8 Å². The monoisotopic (exact) mass is 356 g/mol. The number of carbonyl (C=O) groups is 2. The lowest BCUT2D eigenvalue weighted by molar-refractivity contribution is -0.120. The van der Waals surface area contributed by atoms with Crippen molar-refractivity contribution in [3.63, 3.8) is 0 Å². The molecule has 26 heavy (non-hydrogen) atoms. The molecule has 0 aliphatic heterocycles. The lowest BCUT2D eigenvalue weighted by atomic mass is 9.85. The second-order valence-electron chi connectivity index (χ2n) is 7.30. The van der Waals surface area contributed by atoms with Crippen LogP contribution in [0.4, 0.5) is 0 Å². The average Bonchev–Trinajstić information content (AvgIpc) is 2.61. The van der Waals surface area contributed by atoms with Gasteiger partial charge < -0.3 is 10.2 Å². The highest BCUT2D eigenvalue weighted by Gasteiger charge is 2.26. The molecule has 0 spiro atoms. The first-order chi connectivity index (χ1) is 12.4. The molecule has 1 aromatic rings. The van der Waals surface area contributed by atoms with Gasteiger partial charge in [0.05, 0.1) is 5.56 Å². The molecule has 0 saturated heterocycles. The summed E-state index contributed by atoms with van der Waals surface area (Å²) in [6, 6.07) is 6.86. The summed E-state index contributed by atoms with van der Waals surface area (Å²) >= 11 is 0. The molecule has 1 saturated carbocycles. The number of rotatable bonds is 7. The molecular formula is C22H28O4. The number of Topliss-reactive ketones (excluding diaryl/α,β-unsaturated/α-hetero) is 1. The molecule has 2 N–H and O–H groups in total. The zero-order valence-electron chi connectivity index (χ0n) is 15.5. The second-order valence-corrected chi connectivity index (χ2v) is 7.30. The van der Waals surface area contributed by atoms with Gasteiger partial charge in [0.1, 0.15) is 11.4 Å². The molecule has 0 aromatic heterocycles. The Morgan fingerprint density at radius 1 is 1.15 bits per heavy atom. The van der Waals surface area contributed by atoms with Crippen molar-refractivity contribution in [1.29, 1.82) is 0 Å². The second kappa shape index (κ2) is 9.54. The van der Waals surface area contributed by atoms with Crippen LogP contribution in [0.15, 0.2) is 24.3 Å². The van der Waals surface area contributed by atoms with Gasteiger partial charge in [-0.2, -0.15) is 0 Å². The van der Waals surface area contributed by atoms with E-state index in [2.05, 4.69) is 11.8 Å². The summed E-state index contributed by atoms with van der Waals surface area (Å²) in [6.07, 6.45) is 7.56. The predicted molar refractivity (Wildman–Crippen MR) is 101 cm³/mol. The van der Waals surface area contributed by atoms with Gasteiger partial charge in [0.25, 0.3) is 0 Å². The highest BCUT2D eigenvalue weighted by atomic mass is 16.4. The third-order valence-corrected chi connectivity index (χ3v) is 5.14. The molecule has 4 nitrogen and oxygen atoms in total. The molecular weight excluding hydrogens is 328 g/mol. The fraction of sp³-hybridized carbons (Fsp3) is 0.545. The Morgan fingerprint density at radius 3 is 2.38 bits per heavy atom. The van der Waals surface area contributed by atoms with Gasteiger partial charge in [-0.3, -0.25) is 4.79 Å². The summed E-state index contributed by atoms with van der Waals surface area (Å²) in [7, 11) is 0. The quantitative estimate of drug-likeness (QED) is 0.724. The van der Waals surface area contributed by atoms with Crippen LogP contribution >= 0.6 is 0 Å². The van der Waals surface area contributed by atoms with Crippen LogP contribution in [-0.4, -0.2) is 27.6 Å². The number of hydrogen-bond acceptors (Lipinski definition) is 3. The first-order valence-corrected chi connectivity index (χ1v) is 9.45. The van der Waals surface area contributed by atoms with Crippen LogP contribution in [0.1, 0.15) is 74.2 Å². The van der Waals surface area contributed by atoms with E-state index in [1.807, 2.05) is 12.1 Å². The summed E-state index contributed by atoms with van der Waals surface area (Å²) in [5, 5.41) is 19.3. The topological polar surface area (TPSA) is 74.6 Å². The Hall–Kier alpha value is -2.12. The number of hydrogen-bond donors (Lipinski definition) is 2. The van der Waals surface area contributed by atoms with Gasteiger partial charge in [-0.25, -0.2) is 4.79 Å². The van der Waals surface area contributed by atoms with E-state index in [0.29, 0.717) is 6.42 Å². The number of aryl methyl sites for hydroxylation is 1. The van der Waals surface area contributed by atoms with Crippen molar-refractivity contribution in [2.24, 2.45) is 5.92 Å². The van der Waals surface area contributed by atoms with Gasteiger partial charge in [-0.1, -0.05) is 30.4 Å². The predicted octanol–water partition coefficient (Wildman–Crippen LogP) is 4.00.